The number of nitrogens with zero attached hydrogens (tertiary/aromatic N) is 1. The van der Waals surface area contributed by atoms with Crippen molar-refractivity contribution in [3.05, 3.63) is 23.8 Å². The lowest BCUT2D eigenvalue weighted by Crippen LogP contribution is -2.42. The third-order valence-electron chi connectivity index (χ3n) is 3.96. The van der Waals surface area contributed by atoms with Crippen LogP contribution in [-0.2, 0) is 16.0 Å². The first kappa shape index (κ1) is 12.5. The zero-order valence-corrected chi connectivity index (χ0v) is 11.3. The van der Waals surface area contributed by atoms with Gasteiger partial charge in [0, 0.05) is 31.6 Å². The number of hydrogen-bond acceptors (Lipinski definition) is 3. The molecule has 0 aliphatic carbocycles. The number of hydrogen-bond donors (Lipinski definition) is 1. The molecule has 2 aliphatic rings. The minimum atomic E-state index is -0.227. The molecule has 0 bridgehead atoms. The summed E-state index contributed by atoms with van der Waals surface area (Å²) in [5.41, 5.74) is 3.42. The fraction of sp³-hybridized carbons (Fsp3) is 0.533. The number of fused-ring (bicyclic) bond motifs is 1. The Kier molecular flexibility index (Phi) is 3.42. The second-order valence-electron chi connectivity index (χ2n) is 5.19. The first-order valence-electron chi connectivity index (χ1n) is 7.03. The smallest absolute Gasteiger partial charge is 0.256 e. The molecule has 0 saturated carbocycles. The van der Waals surface area contributed by atoms with E-state index >= 15 is 0 Å². The van der Waals surface area contributed by atoms with Gasteiger partial charge in [-0.2, -0.15) is 0 Å². The van der Waals surface area contributed by atoms with Crippen LogP contribution in [0.25, 0.3) is 0 Å². The van der Waals surface area contributed by atoms with Gasteiger partial charge in [0.2, 0.25) is 0 Å². The van der Waals surface area contributed by atoms with Gasteiger partial charge >= 0.3 is 0 Å². The van der Waals surface area contributed by atoms with Crippen molar-refractivity contribution in [3.8, 4) is 0 Å². The fourth-order valence-corrected chi connectivity index (χ4v) is 2.93. The van der Waals surface area contributed by atoms with E-state index in [1.165, 1.54) is 5.56 Å². The fourth-order valence-electron chi connectivity index (χ4n) is 2.93. The van der Waals surface area contributed by atoms with Crippen molar-refractivity contribution < 1.29 is 9.53 Å². The Morgan fingerprint density at radius 2 is 2.32 bits per heavy atom. The Morgan fingerprint density at radius 1 is 1.42 bits per heavy atom. The van der Waals surface area contributed by atoms with Crippen molar-refractivity contribution in [2.75, 3.05) is 30.4 Å². The predicted molar refractivity (Wildman–Crippen MR) is 75.6 cm³/mol. The molecule has 4 heteroatoms. The van der Waals surface area contributed by atoms with Gasteiger partial charge in [-0.25, -0.2) is 0 Å². The van der Waals surface area contributed by atoms with Crippen LogP contribution in [0.2, 0.25) is 0 Å². The van der Waals surface area contributed by atoms with Crippen LogP contribution in [0.4, 0.5) is 11.4 Å². The molecular formula is C15H20N2O2. The number of carbonyl (C=O) groups excluding carboxylic acids is 1. The van der Waals surface area contributed by atoms with Gasteiger partial charge in [-0.05, 0) is 49.4 Å². The van der Waals surface area contributed by atoms with Crippen LogP contribution in [0, 0.1) is 0 Å². The zero-order valence-electron chi connectivity index (χ0n) is 11.3. The third kappa shape index (κ3) is 2.32. The molecule has 2 aliphatic heterocycles. The average Bonchev–Trinajstić information content (AvgIpc) is 2.99. The summed E-state index contributed by atoms with van der Waals surface area (Å²) in [4.78, 5) is 14.4. The highest BCUT2D eigenvalue weighted by molar-refractivity contribution is 5.98. The van der Waals surface area contributed by atoms with E-state index in [1.807, 2.05) is 24.1 Å². The summed E-state index contributed by atoms with van der Waals surface area (Å²) in [6, 6.07) is 6.22. The van der Waals surface area contributed by atoms with Crippen LogP contribution in [0.1, 0.15) is 24.8 Å². The van der Waals surface area contributed by atoms with E-state index in [0.29, 0.717) is 0 Å². The predicted octanol–water partition coefficient (Wildman–Crippen LogP) is 2.19. The van der Waals surface area contributed by atoms with E-state index in [1.54, 1.807) is 0 Å². The Labute approximate surface area is 113 Å². The lowest BCUT2D eigenvalue weighted by molar-refractivity contribution is -0.127. The molecule has 2 heterocycles. The molecule has 1 saturated heterocycles. The minimum Gasteiger partial charge on any atom is -0.388 e. The van der Waals surface area contributed by atoms with Gasteiger partial charge in [-0.15, -0.1) is 0 Å². The van der Waals surface area contributed by atoms with E-state index in [0.717, 1.165) is 50.2 Å². The molecule has 1 amide bonds. The van der Waals surface area contributed by atoms with Crippen molar-refractivity contribution in [1.82, 2.24) is 0 Å². The Morgan fingerprint density at radius 3 is 3.05 bits per heavy atom. The molecule has 0 spiro atoms. The Hall–Kier alpha value is -1.55. The topological polar surface area (TPSA) is 41.6 Å². The second kappa shape index (κ2) is 5.21. The summed E-state index contributed by atoms with van der Waals surface area (Å²) in [6.45, 7) is 1.53. The number of nitrogens with one attached hydrogen (secondary N) is 1. The molecule has 4 nitrogen and oxygen atoms in total. The molecule has 1 aromatic carbocycles. The van der Waals surface area contributed by atoms with E-state index in [-0.39, 0.29) is 12.0 Å². The Bertz CT molecular complexity index is 481. The molecule has 1 N–H and O–H groups in total. The maximum absolute atomic E-state index is 12.5. The van der Waals surface area contributed by atoms with Crippen molar-refractivity contribution in [3.63, 3.8) is 0 Å². The number of rotatable bonds is 2. The molecule has 3 rings (SSSR count). The van der Waals surface area contributed by atoms with Crippen molar-refractivity contribution in [2.24, 2.45) is 0 Å². The molecular weight excluding hydrogens is 240 g/mol. The molecule has 0 aromatic heterocycles. The number of ether oxygens (including phenoxy) is 1. The van der Waals surface area contributed by atoms with Crippen LogP contribution in [0.3, 0.4) is 0 Å². The highest BCUT2D eigenvalue weighted by atomic mass is 16.5. The van der Waals surface area contributed by atoms with Gasteiger partial charge in [0.25, 0.3) is 5.91 Å². The number of carbonyl (C=O) groups is 1. The summed E-state index contributed by atoms with van der Waals surface area (Å²) in [6.07, 6.45) is 3.70. The lowest BCUT2D eigenvalue weighted by atomic mass is 10.00. The monoisotopic (exact) mass is 260 g/mol. The number of anilines is 2. The second-order valence-corrected chi connectivity index (χ2v) is 5.19. The maximum atomic E-state index is 12.5. The standard InChI is InChI=1S/C15H20N2O2/c1-16-12-6-7-13-11(10-12)4-2-8-17(13)15(18)14-5-3-9-19-14/h6-7,10,14,16H,2-5,8-9H2,1H3. The summed E-state index contributed by atoms with van der Waals surface area (Å²) in [7, 11) is 1.92. The highest BCUT2D eigenvalue weighted by Gasteiger charge is 2.31. The normalized spacial score (nSPS) is 22.2. The summed E-state index contributed by atoms with van der Waals surface area (Å²) >= 11 is 0. The molecule has 0 radical (unpaired) electrons. The van der Waals surface area contributed by atoms with Crippen LogP contribution < -0.4 is 10.2 Å². The van der Waals surface area contributed by atoms with E-state index in [9.17, 15) is 4.79 Å². The first-order chi connectivity index (χ1) is 9.29. The SMILES string of the molecule is CNc1ccc2c(c1)CCCN2C(=O)C1CCCO1. The molecule has 19 heavy (non-hydrogen) atoms. The number of aryl methyl sites for hydroxylation is 1. The molecule has 1 atom stereocenters. The summed E-state index contributed by atoms with van der Waals surface area (Å²) in [5, 5.41) is 3.15. The molecule has 1 unspecified atom stereocenters. The first-order valence-corrected chi connectivity index (χ1v) is 7.03. The van der Waals surface area contributed by atoms with Crippen molar-refractivity contribution >= 4 is 17.3 Å². The van der Waals surface area contributed by atoms with Crippen LogP contribution in [0.5, 0.6) is 0 Å². The van der Waals surface area contributed by atoms with E-state index in [2.05, 4.69) is 11.4 Å². The van der Waals surface area contributed by atoms with Gasteiger partial charge in [0.05, 0.1) is 0 Å². The van der Waals surface area contributed by atoms with Gasteiger partial charge in [-0.1, -0.05) is 0 Å². The van der Waals surface area contributed by atoms with Crippen molar-refractivity contribution in [2.45, 2.75) is 31.8 Å². The third-order valence-corrected chi connectivity index (χ3v) is 3.96. The van der Waals surface area contributed by atoms with Gasteiger partial charge in [0.1, 0.15) is 6.10 Å². The highest BCUT2D eigenvalue weighted by Crippen LogP contribution is 2.31. The number of amides is 1. The largest absolute Gasteiger partial charge is 0.388 e. The number of benzene rings is 1. The summed E-state index contributed by atoms with van der Waals surface area (Å²) in [5.74, 6) is 0.135. The van der Waals surface area contributed by atoms with E-state index < -0.39 is 0 Å². The maximum Gasteiger partial charge on any atom is 0.256 e. The van der Waals surface area contributed by atoms with Crippen LogP contribution in [-0.4, -0.2) is 32.2 Å². The molecule has 1 aromatic rings. The molecule has 102 valence electrons. The van der Waals surface area contributed by atoms with Gasteiger partial charge < -0.3 is 15.0 Å². The van der Waals surface area contributed by atoms with Gasteiger partial charge in [0.15, 0.2) is 0 Å². The Balaban J connectivity index is 1.87. The summed E-state index contributed by atoms with van der Waals surface area (Å²) < 4.78 is 5.52. The lowest BCUT2D eigenvalue weighted by Gasteiger charge is -2.31. The molecule has 1 fully saturated rings. The quantitative estimate of drug-likeness (QED) is 0.886. The van der Waals surface area contributed by atoms with Crippen molar-refractivity contribution in [1.29, 1.82) is 0 Å². The zero-order chi connectivity index (χ0) is 13.2. The van der Waals surface area contributed by atoms with Gasteiger partial charge in [-0.3, -0.25) is 4.79 Å². The van der Waals surface area contributed by atoms with E-state index in [4.69, 9.17) is 4.74 Å². The minimum absolute atomic E-state index is 0.135. The van der Waals surface area contributed by atoms with Crippen LogP contribution in [0.15, 0.2) is 18.2 Å². The van der Waals surface area contributed by atoms with Crippen LogP contribution >= 0.6 is 0 Å². The average molecular weight is 260 g/mol.